The number of hydrogen-bond donors (Lipinski definition) is 1. The van der Waals surface area contributed by atoms with Gasteiger partial charge in [0.25, 0.3) is 0 Å². The van der Waals surface area contributed by atoms with Gasteiger partial charge in [-0.15, -0.1) is 0 Å². The van der Waals surface area contributed by atoms with Crippen molar-refractivity contribution in [1.29, 1.82) is 0 Å². The molecular weight excluding hydrogens is 295 g/mol. The zero-order chi connectivity index (χ0) is 15.0. The maximum Gasteiger partial charge on any atom is 0.340 e. The average Bonchev–Trinajstić information content (AvgIpc) is 2.92. The topological polar surface area (TPSA) is 55.0 Å². The van der Waals surface area contributed by atoms with Crippen molar-refractivity contribution in [2.24, 2.45) is 0 Å². The lowest BCUT2D eigenvalue weighted by Crippen LogP contribution is -2.01. The molecule has 1 N–H and O–H groups in total. The zero-order valence-corrected chi connectivity index (χ0v) is 11.7. The number of imidazole rings is 1. The van der Waals surface area contributed by atoms with Crippen molar-refractivity contribution in [1.82, 2.24) is 9.97 Å². The van der Waals surface area contributed by atoms with Crippen LogP contribution >= 0.6 is 11.6 Å². The molecule has 0 aliphatic carbocycles. The highest BCUT2D eigenvalue weighted by Gasteiger charge is 2.16. The zero-order valence-electron chi connectivity index (χ0n) is 11.0. The number of hydrogen-bond acceptors (Lipinski definition) is 3. The van der Waals surface area contributed by atoms with Crippen LogP contribution in [0.4, 0.5) is 4.39 Å². The molecule has 21 heavy (non-hydrogen) atoms. The number of carbonyl (C=O) groups excluding carboxylic acids is 1. The number of rotatable bonds is 2. The van der Waals surface area contributed by atoms with Crippen molar-refractivity contribution in [2.75, 3.05) is 7.11 Å². The predicted molar refractivity (Wildman–Crippen MR) is 77.8 cm³/mol. The monoisotopic (exact) mass is 304 g/mol. The Morgan fingerprint density at radius 1 is 1.33 bits per heavy atom. The summed E-state index contributed by atoms with van der Waals surface area (Å²) >= 11 is 5.89. The molecule has 0 atom stereocenters. The van der Waals surface area contributed by atoms with Crippen LogP contribution in [0.3, 0.4) is 0 Å². The molecule has 0 fully saturated rings. The van der Waals surface area contributed by atoms with Crippen molar-refractivity contribution in [2.45, 2.75) is 0 Å². The Labute approximate surface area is 124 Å². The molecule has 0 aliphatic rings. The molecule has 0 amide bonds. The number of aromatic amines is 1. The molecule has 3 rings (SSSR count). The fraction of sp³-hybridized carbons (Fsp3) is 0.0667. The van der Waals surface area contributed by atoms with Gasteiger partial charge in [0.05, 0.1) is 23.8 Å². The van der Waals surface area contributed by atoms with Gasteiger partial charge >= 0.3 is 5.97 Å². The first kappa shape index (κ1) is 13.6. The third kappa shape index (κ3) is 2.36. The van der Waals surface area contributed by atoms with E-state index in [1.54, 1.807) is 18.2 Å². The van der Waals surface area contributed by atoms with Crippen molar-refractivity contribution >= 4 is 28.6 Å². The minimum atomic E-state index is -0.495. The van der Waals surface area contributed by atoms with E-state index in [9.17, 15) is 9.18 Å². The first-order valence-electron chi connectivity index (χ1n) is 6.12. The Bertz CT molecular complexity index is 845. The number of para-hydroxylation sites is 1. The van der Waals surface area contributed by atoms with E-state index in [0.29, 0.717) is 27.4 Å². The molecule has 0 saturated heterocycles. The number of fused-ring (bicyclic) bond motifs is 1. The number of H-pyrrole nitrogens is 1. The smallest absolute Gasteiger partial charge is 0.340 e. The van der Waals surface area contributed by atoms with Crippen LogP contribution in [0.2, 0.25) is 5.02 Å². The number of halogens is 2. The molecular formula is C15H10ClFN2O2. The molecule has 3 aromatic rings. The molecule has 0 radical (unpaired) electrons. The number of nitrogens with one attached hydrogen (secondary N) is 1. The molecule has 0 saturated carbocycles. The number of aromatic nitrogens is 2. The molecule has 1 heterocycles. The lowest BCUT2D eigenvalue weighted by molar-refractivity contribution is 0.0603. The van der Waals surface area contributed by atoms with E-state index in [4.69, 9.17) is 16.3 Å². The molecule has 106 valence electrons. The van der Waals surface area contributed by atoms with Crippen molar-refractivity contribution < 1.29 is 13.9 Å². The third-order valence-electron chi connectivity index (χ3n) is 3.10. The molecule has 0 unspecified atom stereocenters. The van der Waals surface area contributed by atoms with Gasteiger partial charge in [-0.3, -0.25) is 0 Å². The highest BCUT2D eigenvalue weighted by Crippen LogP contribution is 2.27. The first-order valence-corrected chi connectivity index (χ1v) is 6.50. The Kier molecular flexibility index (Phi) is 3.35. The van der Waals surface area contributed by atoms with Crippen LogP contribution in [-0.4, -0.2) is 23.0 Å². The Balaban J connectivity index is 2.22. The van der Waals surface area contributed by atoms with Crippen molar-refractivity contribution in [3.8, 4) is 11.4 Å². The van der Waals surface area contributed by atoms with E-state index in [1.807, 2.05) is 0 Å². The van der Waals surface area contributed by atoms with Crippen molar-refractivity contribution in [3.63, 3.8) is 0 Å². The number of esters is 1. The molecule has 0 spiro atoms. The van der Waals surface area contributed by atoms with E-state index < -0.39 is 11.8 Å². The number of benzene rings is 2. The van der Waals surface area contributed by atoms with Gasteiger partial charge in [0.2, 0.25) is 0 Å². The van der Waals surface area contributed by atoms with E-state index in [1.165, 1.54) is 25.3 Å². The highest BCUT2D eigenvalue weighted by molar-refractivity contribution is 6.30. The maximum atomic E-state index is 13.9. The number of carbonyl (C=O) groups is 1. The average molecular weight is 305 g/mol. The van der Waals surface area contributed by atoms with Crippen LogP contribution in [0.1, 0.15) is 10.4 Å². The van der Waals surface area contributed by atoms with E-state index in [2.05, 4.69) is 9.97 Å². The normalized spacial score (nSPS) is 10.8. The Hall–Kier alpha value is -2.40. The van der Waals surface area contributed by atoms with Gasteiger partial charge in [-0.05, 0) is 30.3 Å². The summed E-state index contributed by atoms with van der Waals surface area (Å²) in [6.45, 7) is 0. The minimum absolute atomic E-state index is 0.245. The summed E-state index contributed by atoms with van der Waals surface area (Å²) in [6.07, 6.45) is 0. The molecule has 0 bridgehead atoms. The second-order valence-corrected chi connectivity index (χ2v) is 4.84. The summed E-state index contributed by atoms with van der Waals surface area (Å²) in [4.78, 5) is 19.0. The summed E-state index contributed by atoms with van der Waals surface area (Å²) in [5, 5.41) is 0.403. The van der Waals surface area contributed by atoms with Gasteiger partial charge in [-0.25, -0.2) is 14.2 Å². The highest BCUT2D eigenvalue weighted by atomic mass is 35.5. The van der Waals surface area contributed by atoms with Gasteiger partial charge in [0.15, 0.2) is 0 Å². The predicted octanol–water partition coefficient (Wildman–Crippen LogP) is 3.81. The van der Waals surface area contributed by atoms with Crippen LogP contribution in [0.15, 0.2) is 36.4 Å². The first-order chi connectivity index (χ1) is 10.1. The van der Waals surface area contributed by atoms with E-state index in [-0.39, 0.29) is 5.56 Å². The molecule has 6 heteroatoms. The lowest BCUT2D eigenvalue weighted by Gasteiger charge is -1.99. The summed E-state index contributed by atoms with van der Waals surface area (Å²) in [7, 11) is 1.30. The van der Waals surface area contributed by atoms with E-state index >= 15 is 0 Å². The van der Waals surface area contributed by atoms with Gasteiger partial charge in [0.1, 0.15) is 17.2 Å². The maximum absolute atomic E-state index is 13.9. The fourth-order valence-electron chi connectivity index (χ4n) is 2.11. The number of nitrogens with zero attached hydrogens (tertiary/aromatic N) is 1. The molecule has 2 aromatic carbocycles. The van der Waals surface area contributed by atoms with Crippen molar-refractivity contribution in [3.05, 3.63) is 52.8 Å². The van der Waals surface area contributed by atoms with Gasteiger partial charge in [-0.1, -0.05) is 17.7 Å². The quantitative estimate of drug-likeness (QED) is 0.732. The number of methoxy groups -OCH3 is 1. The summed E-state index contributed by atoms with van der Waals surface area (Å²) in [5.74, 6) is -0.635. The fourth-order valence-corrected chi connectivity index (χ4v) is 2.29. The number of ether oxygens (including phenoxy) is 1. The van der Waals surface area contributed by atoms with Gasteiger partial charge in [0, 0.05) is 5.02 Å². The van der Waals surface area contributed by atoms with Gasteiger partial charge in [-0.2, -0.15) is 0 Å². The van der Waals surface area contributed by atoms with Crippen LogP contribution in [-0.2, 0) is 4.74 Å². The summed E-state index contributed by atoms with van der Waals surface area (Å²) in [5.41, 5.74) is 1.61. The minimum Gasteiger partial charge on any atom is -0.465 e. The van der Waals surface area contributed by atoms with Crippen LogP contribution in [0.25, 0.3) is 22.4 Å². The van der Waals surface area contributed by atoms with Crippen LogP contribution < -0.4 is 0 Å². The SMILES string of the molecule is COC(=O)c1cccc2[nH]c(-c3cc(Cl)ccc3F)nc12. The van der Waals surface area contributed by atoms with Crippen LogP contribution in [0, 0.1) is 5.82 Å². The molecule has 1 aromatic heterocycles. The van der Waals surface area contributed by atoms with Gasteiger partial charge < -0.3 is 9.72 Å². The van der Waals surface area contributed by atoms with E-state index in [0.717, 1.165) is 0 Å². The second-order valence-electron chi connectivity index (χ2n) is 4.40. The van der Waals surface area contributed by atoms with Crippen LogP contribution in [0.5, 0.6) is 0 Å². The summed E-state index contributed by atoms with van der Waals surface area (Å²) < 4.78 is 18.6. The molecule has 4 nitrogen and oxygen atoms in total. The molecule has 0 aliphatic heterocycles. The Morgan fingerprint density at radius 3 is 2.90 bits per heavy atom. The summed E-state index contributed by atoms with van der Waals surface area (Å²) in [6, 6.07) is 9.26. The third-order valence-corrected chi connectivity index (χ3v) is 3.34. The Morgan fingerprint density at radius 2 is 2.14 bits per heavy atom. The lowest BCUT2D eigenvalue weighted by atomic mass is 10.2. The largest absolute Gasteiger partial charge is 0.465 e. The second kappa shape index (κ2) is 5.18. The standard InChI is InChI=1S/C15H10ClFN2O2/c1-21-15(20)9-3-2-4-12-13(9)19-14(18-12)10-7-8(16)5-6-11(10)17/h2-7H,1H3,(H,18,19).